The lowest BCUT2D eigenvalue weighted by atomic mass is 10.1. The van der Waals surface area contributed by atoms with Crippen LogP contribution in [0.2, 0.25) is 0 Å². The van der Waals surface area contributed by atoms with Gasteiger partial charge in [0.15, 0.2) is 0 Å². The van der Waals surface area contributed by atoms with Gasteiger partial charge in [-0.3, -0.25) is 9.78 Å². The summed E-state index contributed by atoms with van der Waals surface area (Å²) in [6.07, 6.45) is 4.09. The van der Waals surface area contributed by atoms with Crippen molar-refractivity contribution in [2.24, 2.45) is 0 Å². The monoisotopic (exact) mass is 443 g/mol. The Labute approximate surface area is 191 Å². The summed E-state index contributed by atoms with van der Waals surface area (Å²) in [5.74, 6) is 0.800. The van der Waals surface area contributed by atoms with E-state index in [9.17, 15) is 9.59 Å². The number of ether oxygens (including phenoxy) is 1. The average Bonchev–Trinajstić information content (AvgIpc) is 2.86. The molecular formula is C25H25N5O3. The Balaban J connectivity index is 1.42. The first kappa shape index (κ1) is 22.0. The van der Waals surface area contributed by atoms with E-state index in [1.54, 1.807) is 25.6 Å². The van der Waals surface area contributed by atoms with Gasteiger partial charge in [-0.2, -0.15) is 5.10 Å². The van der Waals surface area contributed by atoms with Gasteiger partial charge in [0, 0.05) is 24.3 Å². The number of hydrogen-bond donors (Lipinski definition) is 2. The first-order chi connectivity index (χ1) is 16.1. The molecule has 168 valence electrons. The Morgan fingerprint density at radius 1 is 0.970 bits per heavy atom. The molecular weight excluding hydrogens is 418 g/mol. The Bertz CT molecular complexity index is 1290. The molecule has 0 aliphatic heterocycles. The van der Waals surface area contributed by atoms with Crippen molar-refractivity contribution >= 4 is 16.8 Å². The largest absolute Gasteiger partial charge is 0.497 e. The minimum atomic E-state index is -0.292. The highest BCUT2D eigenvalue weighted by Crippen LogP contribution is 2.14. The van der Waals surface area contributed by atoms with Crippen molar-refractivity contribution in [1.82, 2.24) is 25.4 Å². The van der Waals surface area contributed by atoms with Gasteiger partial charge in [0.05, 0.1) is 31.3 Å². The van der Waals surface area contributed by atoms with E-state index in [-0.39, 0.29) is 18.1 Å². The molecule has 2 heterocycles. The number of nitrogens with one attached hydrogen (secondary N) is 2. The second-order valence-electron chi connectivity index (χ2n) is 7.52. The van der Waals surface area contributed by atoms with Crippen molar-refractivity contribution in [1.29, 1.82) is 0 Å². The van der Waals surface area contributed by atoms with Gasteiger partial charge in [-0.05, 0) is 41.8 Å². The number of amides is 2. The topological polar surface area (TPSA) is 98.1 Å². The van der Waals surface area contributed by atoms with Crippen molar-refractivity contribution in [3.63, 3.8) is 0 Å². The van der Waals surface area contributed by atoms with E-state index < -0.39 is 0 Å². The number of rotatable bonds is 8. The van der Waals surface area contributed by atoms with Gasteiger partial charge in [-0.15, -0.1) is 0 Å². The fraction of sp³-hybridized carbons (Fsp3) is 0.200. The first-order valence-electron chi connectivity index (χ1n) is 10.7. The molecule has 2 N–H and O–H groups in total. The van der Waals surface area contributed by atoms with Gasteiger partial charge in [0.2, 0.25) is 0 Å². The average molecular weight is 444 g/mol. The fourth-order valence-electron chi connectivity index (χ4n) is 3.55. The summed E-state index contributed by atoms with van der Waals surface area (Å²) in [6, 6.07) is 18.5. The van der Waals surface area contributed by atoms with E-state index in [1.165, 1.54) is 4.68 Å². The summed E-state index contributed by atoms with van der Waals surface area (Å²) >= 11 is 0. The Morgan fingerprint density at radius 3 is 2.48 bits per heavy atom. The number of nitrogens with zero attached hydrogens (tertiary/aromatic N) is 3. The predicted molar refractivity (Wildman–Crippen MR) is 126 cm³/mol. The van der Waals surface area contributed by atoms with Crippen LogP contribution in [0.4, 0.5) is 4.79 Å². The molecule has 8 nitrogen and oxygen atoms in total. The number of hydrogen-bond acceptors (Lipinski definition) is 5. The molecule has 0 aliphatic carbocycles. The molecule has 0 aliphatic rings. The smallest absolute Gasteiger partial charge is 0.315 e. The molecule has 33 heavy (non-hydrogen) atoms. The molecule has 0 spiro atoms. The number of urea groups is 1. The van der Waals surface area contributed by atoms with E-state index >= 15 is 0 Å². The second-order valence-corrected chi connectivity index (χ2v) is 7.52. The van der Waals surface area contributed by atoms with E-state index in [1.807, 2.05) is 54.6 Å². The molecule has 0 bridgehead atoms. The summed E-state index contributed by atoms with van der Waals surface area (Å²) in [6.45, 7) is 0.994. The third-order valence-electron chi connectivity index (χ3n) is 5.27. The van der Waals surface area contributed by atoms with Gasteiger partial charge < -0.3 is 15.4 Å². The van der Waals surface area contributed by atoms with E-state index in [0.29, 0.717) is 30.6 Å². The number of benzene rings is 2. The van der Waals surface area contributed by atoms with Crippen LogP contribution in [-0.2, 0) is 19.5 Å². The summed E-state index contributed by atoms with van der Waals surface area (Å²) in [7, 11) is 1.63. The normalized spacial score (nSPS) is 10.7. The molecule has 4 rings (SSSR count). The first-order valence-corrected chi connectivity index (χ1v) is 10.7. The van der Waals surface area contributed by atoms with Crippen molar-refractivity contribution in [2.75, 3.05) is 13.7 Å². The van der Waals surface area contributed by atoms with E-state index in [2.05, 4.69) is 20.7 Å². The highest BCUT2D eigenvalue weighted by atomic mass is 16.5. The van der Waals surface area contributed by atoms with Crippen LogP contribution in [-0.4, -0.2) is 34.5 Å². The van der Waals surface area contributed by atoms with E-state index in [0.717, 1.165) is 22.3 Å². The van der Waals surface area contributed by atoms with Crippen molar-refractivity contribution in [3.8, 4) is 5.75 Å². The molecule has 0 fully saturated rings. The minimum Gasteiger partial charge on any atom is -0.497 e. The van der Waals surface area contributed by atoms with Crippen molar-refractivity contribution < 1.29 is 9.53 Å². The maximum absolute atomic E-state index is 12.9. The molecule has 0 saturated carbocycles. The third-order valence-corrected chi connectivity index (χ3v) is 5.27. The minimum absolute atomic E-state index is 0.179. The number of methoxy groups -OCH3 is 1. The zero-order valence-electron chi connectivity index (χ0n) is 18.3. The van der Waals surface area contributed by atoms with Crippen molar-refractivity contribution in [2.45, 2.75) is 19.5 Å². The molecule has 2 aromatic carbocycles. The van der Waals surface area contributed by atoms with Gasteiger partial charge in [-0.25, -0.2) is 9.48 Å². The number of pyridine rings is 1. The molecule has 2 amide bonds. The molecule has 4 aromatic rings. The number of carbonyl (C=O) groups excluding carboxylic acids is 1. The SMILES string of the molecule is COc1ccc(CCNC(=O)NCc2nn(Cc3cccnc3)c(=O)c3ccccc23)cc1. The zero-order valence-corrected chi connectivity index (χ0v) is 18.3. The molecule has 0 saturated heterocycles. The second kappa shape index (κ2) is 10.4. The fourth-order valence-corrected chi connectivity index (χ4v) is 3.55. The lowest BCUT2D eigenvalue weighted by molar-refractivity contribution is 0.240. The maximum Gasteiger partial charge on any atom is 0.315 e. The quantitative estimate of drug-likeness (QED) is 0.436. The van der Waals surface area contributed by atoms with Crippen LogP contribution < -0.4 is 20.9 Å². The van der Waals surface area contributed by atoms with Crippen LogP contribution in [0.1, 0.15) is 16.8 Å². The number of carbonyl (C=O) groups is 1. The van der Waals surface area contributed by atoms with Crippen LogP contribution in [0.3, 0.4) is 0 Å². The third kappa shape index (κ3) is 5.54. The van der Waals surface area contributed by atoms with E-state index in [4.69, 9.17) is 4.74 Å². The lowest BCUT2D eigenvalue weighted by Gasteiger charge is -2.12. The van der Waals surface area contributed by atoms with Gasteiger partial charge in [-0.1, -0.05) is 36.4 Å². The summed E-state index contributed by atoms with van der Waals surface area (Å²) in [4.78, 5) is 29.4. The Kier molecular flexibility index (Phi) is 6.94. The van der Waals surface area contributed by atoms with Gasteiger partial charge in [0.25, 0.3) is 5.56 Å². The molecule has 0 unspecified atom stereocenters. The summed E-state index contributed by atoms with van der Waals surface area (Å²) in [5, 5.41) is 11.5. The standard InChI is InChI=1S/C25H25N5O3/c1-33-20-10-8-18(9-11-20)12-14-27-25(32)28-16-23-21-6-2-3-7-22(21)24(31)30(29-23)17-19-5-4-13-26-15-19/h2-11,13,15H,12,14,16-17H2,1H3,(H2,27,28,32). The highest BCUT2D eigenvalue weighted by molar-refractivity contribution is 5.84. The number of aromatic nitrogens is 3. The van der Waals surface area contributed by atoms with Crippen LogP contribution >= 0.6 is 0 Å². The van der Waals surface area contributed by atoms with Crippen LogP contribution in [0, 0.1) is 0 Å². The maximum atomic E-state index is 12.9. The van der Waals surface area contributed by atoms with Gasteiger partial charge >= 0.3 is 6.03 Å². The zero-order chi connectivity index (χ0) is 23.0. The summed E-state index contributed by atoms with van der Waals surface area (Å²) in [5.41, 5.74) is 2.42. The summed E-state index contributed by atoms with van der Waals surface area (Å²) < 4.78 is 6.57. The number of fused-ring (bicyclic) bond motifs is 1. The van der Waals surface area contributed by atoms with Crippen LogP contribution in [0.5, 0.6) is 5.75 Å². The van der Waals surface area contributed by atoms with Crippen LogP contribution in [0.15, 0.2) is 77.9 Å². The lowest BCUT2D eigenvalue weighted by Crippen LogP contribution is -2.37. The molecule has 2 aromatic heterocycles. The Hall–Kier alpha value is -4.20. The molecule has 8 heteroatoms. The van der Waals surface area contributed by atoms with Crippen molar-refractivity contribution in [3.05, 3.63) is 100 Å². The highest BCUT2D eigenvalue weighted by Gasteiger charge is 2.12. The molecule has 0 atom stereocenters. The van der Waals surface area contributed by atoms with Gasteiger partial charge in [0.1, 0.15) is 5.75 Å². The van der Waals surface area contributed by atoms with Crippen LogP contribution in [0.25, 0.3) is 10.8 Å². The Morgan fingerprint density at radius 2 is 1.76 bits per heavy atom. The predicted octanol–water partition coefficient (Wildman–Crippen LogP) is 2.89. The molecule has 0 radical (unpaired) electrons.